The second-order valence-electron chi connectivity index (χ2n) is 14.7. The van der Waals surface area contributed by atoms with Gasteiger partial charge in [-0.25, -0.2) is 0 Å². The Morgan fingerprint density at radius 2 is 0.361 bits per heavy atom. The molecule has 0 N–H and O–H groups in total. The third kappa shape index (κ3) is 15.0. The molecule has 7 rings (SSSR count). The molecular weight excluding hydrogens is 976 g/mol. The van der Waals surface area contributed by atoms with Crippen molar-refractivity contribution in [3.05, 3.63) is 222 Å². The standard InChI is InChI=1S/C54H54N3O12P3/c1-7-37-58-43-13-25-49(26-14-43)64-70(65-50-27-15-44(16-28-50)59-38-8-2)55-71(66-51-29-17-45(18-30-51)60-39-9-3,67-52-31-19-46(20-32-52)61-40-10-4)57-72(56-70,68-53-33-21-47(22-34-53)62-41-11-5)69-54-35-23-48(24-36-54)63-42-12-6/h7-36H,1-6,37-42H2. The second-order valence-corrected chi connectivity index (χ2v) is 20.9. The van der Waals surface area contributed by atoms with Crippen molar-refractivity contribution >= 4 is 23.0 Å². The zero-order valence-electron chi connectivity index (χ0n) is 39.4. The first-order valence-corrected chi connectivity index (χ1v) is 26.9. The molecule has 15 nitrogen and oxygen atoms in total. The van der Waals surface area contributed by atoms with E-state index in [1.807, 2.05) is 0 Å². The maximum atomic E-state index is 7.01. The molecule has 0 amide bonds. The number of benzene rings is 6. The first-order chi connectivity index (χ1) is 35.2. The summed E-state index contributed by atoms with van der Waals surface area (Å²) in [6.45, 7) is 24.3. The van der Waals surface area contributed by atoms with Crippen LogP contribution >= 0.6 is 23.0 Å². The number of rotatable bonds is 30. The summed E-state index contributed by atoms with van der Waals surface area (Å²) in [5, 5.41) is 0. The minimum Gasteiger partial charge on any atom is -0.490 e. The SMILES string of the molecule is C=CCOc1ccc(OP2(Oc3ccc(OCC=C)cc3)=NP(Oc3ccc(OCC=C)cc3)(Oc3ccc(OCC=C)cc3)=NP(Oc3ccc(OCC=C)cc3)(Oc3ccc(OCC=C)cc3)=N2)cc1. The Bertz CT molecular complexity index is 2430. The summed E-state index contributed by atoms with van der Waals surface area (Å²) in [6.07, 6.45) is 9.89. The van der Waals surface area contributed by atoms with Gasteiger partial charge in [0.1, 0.15) is 109 Å². The lowest BCUT2D eigenvalue weighted by Gasteiger charge is -2.33. The normalized spacial score (nSPS) is 13.5. The van der Waals surface area contributed by atoms with Crippen LogP contribution in [0, 0.1) is 0 Å². The topological polar surface area (TPSA) is 148 Å². The third-order valence-electron chi connectivity index (χ3n) is 9.17. The van der Waals surface area contributed by atoms with E-state index < -0.39 is 23.0 Å². The molecule has 18 heteroatoms. The van der Waals surface area contributed by atoms with Crippen molar-refractivity contribution in [3.8, 4) is 69.0 Å². The molecule has 0 saturated heterocycles. The number of ether oxygens (including phenoxy) is 6. The van der Waals surface area contributed by atoms with Crippen LogP contribution in [0.1, 0.15) is 0 Å². The van der Waals surface area contributed by atoms with Gasteiger partial charge in [-0.3, -0.25) is 0 Å². The highest BCUT2D eigenvalue weighted by Crippen LogP contribution is 2.78. The molecule has 0 spiro atoms. The molecular formula is C54H54N3O12P3. The van der Waals surface area contributed by atoms with E-state index in [2.05, 4.69) is 39.5 Å². The van der Waals surface area contributed by atoms with Crippen LogP contribution in [0.5, 0.6) is 69.0 Å². The number of nitrogens with zero attached hydrogens (tertiary/aromatic N) is 3. The van der Waals surface area contributed by atoms with Gasteiger partial charge in [0, 0.05) is 0 Å². The summed E-state index contributed by atoms with van der Waals surface area (Å²) in [6, 6.07) is 41.2. The molecule has 0 aliphatic carbocycles. The first-order valence-electron chi connectivity index (χ1n) is 22.3. The molecule has 6 aromatic rings. The van der Waals surface area contributed by atoms with Crippen molar-refractivity contribution < 1.29 is 55.6 Å². The fourth-order valence-electron chi connectivity index (χ4n) is 6.09. The number of hydrogen-bond donors (Lipinski definition) is 0. The van der Waals surface area contributed by atoms with Gasteiger partial charge in [0.2, 0.25) is 0 Å². The summed E-state index contributed by atoms with van der Waals surface area (Å²) in [4.78, 5) is 0. The highest BCUT2D eigenvalue weighted by Gasteiger charge is 2.49. The quantitative estimate of drug-likeness (QED) is 0.0312. The molecule has 0 atom stereocenters. The Hall–Kier alpha value is -7.95. The van der Waals surface area contributed by atoms with Crippen LogP contribution in [-0.4, -0.2) is 39.6 Å². The van der Waals surface area contributed by atoms with E-state index in [1.165, 1.54) is 0 Å². The highest BCUT2D eigenvalue weighted by molar-refractivity contribution is 7.79. The van der Waals surface area contributed by atoms with Crippen LogP contribution < -0.4 is 55.6 Å². The van der Waals surface area contributed by atoms with Gasteiger partial charge in [-0.15, -0.1) is 0 Å². The van der Waals surface area contributed by atoms with Crippen LogP contribution in [0.2, 0.25) is 0 Å². The van der Waals surface area contributed by atoms with Crippen LogP contribution in [0.4, 0.5) is 0 Å². The molecule has 1 aliphatic heterocycles. The van der Waals surface area contributed by atoms with Crippen LogP contribution in [0.15, 0.2) is 235 Å². The van der Waals surface area contributed by atoms with Gasteiger partial charge in [-0.05, 0) is 146 Å². The summed E-state index contributed by atoms with van der Waals surface area (Å²) < 4.78 is 92.9. The van der Waals surface area contributed by atoms with Crippen molar-refractivity contribution in [3.63, 3.8) is 0 Å². The fourth-order valence-corrected chi connectivity index (χ4v) is 15.2. The molecule has 372 valence electrons. The molecule has 0 bridgehead atoms. The summed E-state index contributed by atoms with van der Waals surface area (Å²) in [7, 11) is -12.9. The Labute approximate surface area is 420 Å². The molecule has 0 saturated carbocycles. The molecule has 72 heavy (non-hydrogen) atoms. The van der Waals surface area contributed by atoms with Gasteiger partial charge < -0.3 is 55.6 Å². The lowest BCUT2D eigenvalue weighted by molar-refractivity contribution is 0.362. The molecule has 1 aliphatic rings. The average molecular weight is 1030 g/mol. The molecule has 0 aromatic heterocycles. The summed E-state index contributed by atoms with van der Waals surface area (Å²) >= 11 is 0. The van der Waals surface area contributed by atoms with Gasteiger partial charge in [-0.2, -0.15) is 0 Å². The third-order valence-corrected chi connectivity index (χ3v) is 17.3. The smallest absolute Gasteiger partial charge is 0.460 e. The first kappa shape index (κ1) is 51.9. The molecule has 1 heterocycles. The maximum Gasteiger partial charge on any atom is 0.460 e. The van der Waals surface area contributed by atoms with Gasteiger partial charge in [0.15, 0.2) is 0 Å². The largest absolute Gasteiger partial charge is 0.490 e. The van der Waals surface area contributed by atoms with Crippen molar-refractivity contribution in [2.45, 2.75) is 0 Å². The Morgan fingerprint density at radius 3 is 0.486 bits per heavy atom. The predicted molar refractivity (Wildman–Crippen MR) is 285 cm³/mol. The molecule has 0 radical (unpaired) electrons. The summed E-state index contributed by atoms with van der Waals surface area (Å²) in [5.74, 6) is 5.04. The Morgan fingerprint density at radius 1 is 0.236 bits per heavy atom. The average Bonchev–Trinajstić information content (AvgIpc) is 3.39. The van der Waals surface area contributed by atoms with Crippen LogP contribution in [0.3, 0.4) is 0 Å². The van der Waals surface area contributed by atoms with Crippen molar-refractivity contribution in [2.24, 2.45) is 13.5 Å². The van der Waals surface area contributed by atoms with E-state index in [0.717, 1.165) is 0 Å². The van der Waals surface area contributed by atoms with Gasteiger partial charge >= 0.3 is 23.0 Å². The van der Waals surface area contributed by atoms with Gasteiger partial charge in [0.05, 0.1) is 0 Å². The zero-order chi connectivity index (χ0) is 50.5. The lowest BCUT2D eigenvalue weighted by atomic mass is 10.3. The van der Waals surface area contributed by atoms with Crippen molar-refractivity contribution in [2.75, 3.05) is 39.6 Å². The lowest BCUT2D eigenvalue weighted by Crippen LogP contribution is -2.11. The molecule has 6 aromatic carbocycles. The fraction of sp³-hybridized carbons (Fsp3) is 0.111. The van der Waals surface area contributed by atoms with E-state index in [1.54, 1.807) is 182 Å². The van der Waals surface area contributed by atoms with Gasteiger partial charge in [-0.1, -0.05) is 89.5 Å². The van der Waals surface area contributed by atoms with E-state index in [0.29, 0.717) is 34.5 Å². The van der Waals surface area contributed by atoms with Gasteiger partial charge in [0.25, 0.3) is 0 Å². The minimum absolute atomic E-state index is 0.283. The molecule has 0 fully saturated rings. The highest BCUT2D eigenvalue weighted by atomic mass is 31.3. The van der Waals surface area contributed by atoms with Crippen molar-refractivity contribution in [1.82, 2.24) is 0 Å². The Balaban J connectivity index is 1.52. The predicted octanol–water partition coefficient (Wildman–Crippen LogP) is 15.7. The Kier molecular flexibility index (Phi) is 18.6. The number of hydrogen-bond acceptors (Lipinski definition) is 15. The van der Waals surface area contributed by atoms with Crippen molar-refractivity contribution in [1.29, 1.82) is 0 Å². The van der Waals surface area contributed by atoms with Crippen LogP contribution in [0.25, 0.3) is 0 Å². The van der Waals surface area contributed by atoms with E-state index in [9.17, 15) is 0 Å². The second kappa shape index (κ2) is 25.8. The minimum atomic E-state index is -4.30. The van der Waals surface area contributed by atoms with E-state index in [-0.39, 0.29) is 74.1 Å². The van der Waals surface area contributed by atoms with Crippen LogP contribution in [-0.2, 0) is 0 Å². The van der Waals surface area contributed by atoms with E-state index in [4.69, 9.17) is 69.1 Å². The summed E-state index contributed by atoms with van der Waals surface area (Å²) in [5.41, 5.74) is 0. The monoisotopic (exact) mass is 1030 g/mol. The molecule has 0 unspecified atom stereocenters. The maximum absolute atomic E-state index is 7.01. The van der Waals surface area contributed by atoms with E-state index >= 15 is 0 Å². The zero-order valence-corrected chi connectivity index (χ0v) is 42.1.